The van der Waals surface area contributed by atoms with Gasteiger partial charge in [-0.2, -0.15) is 0 Å². The monoisotopic (exact) mass is 255 g/mol. The smallest absolute Gasteiger partial charge is 0.335 e. The second kappa shape index (κ2) is 5.82. The van der Waals surface area contributed by atoms with Crippen LogP contribution in [0.2, 0.25) is 0 Å². The highest BCUT2D eigenvalue weighted by atomic mass is 32.2. The Kier molecular flexibility index (Phi) is 4.69. The lowest BCUT2D eigenvalue weighted by atomic mass is 10.1. The van der Waals surface area contributed by atoms with Crippen LogP contribution in [0, 0.1) is 6.92 Å². The highest BCUT2D eigenvalue weighted by Crippen LogP contribution is 2.16. The van der Waals surface area contributed by atoms with E-state index in [4.69, 9.17) is 5.11 Å². The normalized spacial score (nSPS) is 14.1. The number of aryl methyl sites for hydroxylation is 1. The van der Waals surface area contributed by atoms with Crippen molar-refractivity contribution in [2.75, 3.05) is 18.1 Å². The first-order valence-electron chi connectivity index (χ1n) is 5.32. The number of nitrogens with one attached hydrogen (secondary N) is 1. The van der Waals surface area contributed by atoms with Crippen LogP contribution in [0.1, 0.15) is 22.8 Å². The Bertz CT molecular complexity index is 445. The summed E-state index contributed by atoms with van der Waals surface area (Å²) in [5.74, 6) is -0.928. The number of carbonyl (C=O) groups is 1. The first-order chi connectivity index (χ1) is 7.91. The van der Waals surface area contributed by atoms with Crippen LogP contribution in [0.5, 0.6) is 0 Å². The standard InChI is InChI=1S/C12H17NO3S/c1-8-6-10(12(14)15)4-5-11(8)13-7-9(2)17(3)16/h4-6,9,13H,7H2,1-3H3,(H,14,15). The van der Waals surface area contributed by atoms with E-state index in [1.165, 1.54) is 0 Å². The van der Waals surface area contributed by atoms with Crippen molar-refractivity contribution in [3.05, 3.63) is 29.3 Å². The van der Waals surface area contributed by atoms with Crippen LogP contribution in [0.25, 0.3) is 0 Å². The maximum atomic E-state index is 11.2. The number of carboxylic acids is 1. The molecule has 1 rings (SSSR count). The molecule has 0 radical (unpaired) electrons. The minimum absolute atomic E-state index is 0.0635. The number of hydrogen-bond donors (Lipinski definition) is 2. The van der Waals surface area contributed by atoms with Gasteiger partial charge in [0.1, 0.15) is 0 Å². The van der Waals surface area contributed by atoms with Crippen molar-refractivity contribution in [1.29, 1.82) is 0 Å². The lowest BCUT2D eigenvalue weighted by Crippen LogP contribution is -2.21. The molecule has 0 aromatic heterocycles. The predicted molar refractivity (Wildman–Crippen MR) is 70.2 cm³/mol. The van der Waals surface area contributed by atoms with Gasteiger partial charge in [-0.25, -0.2) is 4.79 Å². The molecule has 0 bridgehead atoms. The van der Waals surface area contributed by atoms with E-state index < -0.39 is 16.8 Å². The van der Waals surface area contributed by atoms with Crippen LogP contribution < -0.4 is 5.32 Å². The largest absolute Gasteiger partial charge is 0.478 e. The molecule has 0 aliphatic heterocycles. The van der Waals surface area contributed by atoms with E-state index in [1.807, 2.05) is 13.8 Å². The third-order valence-electron chi connectivity index (χ3n) is 2.62. The Morgan fingerprint density at radius 1 is 1.53 bits per heavy atom. The summed E-state index contributed by atoms with van der Waals surface area (Å²) in [5, 5.41) is 12.1. The minimum Gasteiger partial charge on any atom is -0.478 e. The fourth-order valence-corrected chi connectivity index (χ4v) is 1.68. The van der Waals surface area contributed by atoms with Crippen molar-refractivity contribution in [2.45, 2.75) is 19.1 Å². The number of hydrogen-bond acceptors (Lipinski definition) is 3. The molecule has 94 valence electrons. The second-order valence-corrected chi connectivity index (χ2v) is 5.83. The SMILES string of the molecule is Cc1cc(C(=O)O)ccc1NCC(C)S(C)=O. The molecule has 0 fully saturated rings. The minimum atomic E-state index is -0.928. The summed E-state index contributed by atoms with van der Waals surface area (Å²) >= 11 is 0. The van der Waals surface area contributed by atoms with Gasteiger partial charge < -0.3 is 10.4 Å². The van der Waals surface area contributed by atoms with Crippen molar-refractivity contribution in [2.24, 2.45) is 0 Å². The first kappa shape index (κ1) is 13.7. The summed E-state index contributed by atoms with van der Waals surface area (Å²) in [4.78, 5) is 10.8. The van der Waals surface area contributed by atoms with Gasteiger partial charge >= 0.3 is 5.97 Å². The van der Waals surface area contributed by atoms with E-state index in [1.54, 1.807) is 24.5 Å². The molecule has 4 nitrogen and oxygen atoms in total. The Morgan fingerprint density at radius 3 is 2.65 bits per heavy atom. The van der Waals surface area contributed by atoms with Gasteiger partial charge in [0.25, 0.3) is 0 Å². The zero-order valence-electron chi connectivity index (χ0n) is 10.2. The molecule has 2 N–H and O–H groups in total. The molecule has 2 unspecified atom stereocenters. The third-order valence-corrected chi connectivity index (χ3v) is 3.92. The topological polar surface area (TPSA) is 66.4 Å². The molecular weight excluding hydrogens is 238 g/mol. The summed E-state index contributed by atoms with van der Waals surface area (Å²) in [6.45, 7) is 4.36. The molecular formula is C12H17NO3S. The van der Waals surface area contributed by atoms with E-state index >= 15 is 0 Å². The van der Waals surface area contributed by atoms with E-state index in [0.717, 1.165) is 11.3 Å². The molecule has 0 spiro atoms. The predicted octanol–water partition coefficient (Wildman–Crippen LogP) is 1.87. The van der Waals surface area contributed by atoms with Crippen molar-refractivity contribution in [3.8, 4) is 0 Å². The van der Waals surface area contributed by atoms with Crippen molar-refractivity contribution < 1.29 is 14.1 Å². The summed E-state index contributed by atoms with van der Waals surface area (Å²) < 4.78 is 11.2. The second-order valence-electron chi connectivity index (χ2n) is 4.02. The van der Waals surface area contributed by atoms with Gasteiger partial charge in [-0.05, 0) is 37.6 Å². The van der Waals surface area contributed by atoms with Crippen LogP contribution in [0.15, 0.2) is 18.2 Å². The number of benzene rings is 1. The highest BCUT2D eigenvalue weighted by molar-refractivity contribution is 7.84. The molecule has 0 heterocycles. The molecule has 0 aliphatic carbocycles. The van der Waals surface area contributed by atoms with Crippen molar-refractivity contribution >= 4 is 22.5 Å². The Labute approximate surface area is 104 Å². The molecule has 0 amide bonds. The molecule has 17 heavy (non-hydrogen) atoms. The Morgan fingerprint density at radius 2 is 2.18 bits per heavy atom. The lowest BCUT2D eigenvalue weighted by molar-refractivity contribution is 0.0697. The lowest BCUT2D eigenvalue weighted by Gasteiger charge is -2.13. The van der Waals surface area contributed by atoms with E-state index in [-0.39, 0.29) is 10.8 Å². The van der Waals surface area contributed by atoms with E-state index in [0.29, 0.717) is 6.54 Å². The molecule has 2 atom stereocenters. The summed E-state index contributed by atoms with van der Waals surface area (Å²) in [6, 6.07) is 4.92. The van der Waals surface area contributed by atoms with Crippen LogP contribution in [0.3, 0.4) is 0 Å². The van der Waals surface area contributed by atoms with Crippen LogP contribution >= 0.6 is 0 Å². The highest BCUT2D eigenvalue weighted by Gasteiger charge is 2.08. The molecule has 1 aromatic rings. The average molecular weight is 255 g/mol. The first-order valence-corrected chi connectivity index (χ1v) is 6.94. The zero-order valence-corrected chi connectivity index (χ0v) is 11.0. The van der Waals surface area contributed by atoms with E-state index in [2.05, 4.69) is 5.32 Å². The maximum Gasteiger partial charge on any atom is 0.335 e. The fourth-order valence-electron chi connectivity index (χ4n) is 1.37. The molecule has 1 aromatic carbocycles. The fraction of sp³-hybridized carbons (Fsp3) is 0.417. The van der Waals surface area contributed by atoms with Crippen LogP contribution in [0.4, 0.5) is 5.69 Å². The molecule has 0 aliphatic rings. The van der Waals surface area contributed by atoms with Gasteiger partial charge in [-0.3, -0.25) is 4.21 Å². The van der Waals surface area contributed by atoms with Crippen molar-refractivity contribution in [3.63, 3.8) is 0 Å². The molecule has 0 saturated carbocycles. The zero-order chi connectivity index (χ0) is 13.0. The Hall–Kier alpha value is -1.36. The number of carboxylic acid groups (broad SMARTS) is 1. The van der Waals surface area contributed by atoms with Crippen LogP contribution in [-0.2, 0) is 10.8 Å². The summed E-state index contributed by atoms with van der Waals surface area (Å²) in [7, 11) is -0.859. The van der Waals surface area contributed by atoms with Gasteiger partial charge in [0.15, 0.2) is 0 Å². The molecule has 5 heteroatoms. The third kappa shape index (κ3) is 3.85. The summed E-state index contributed by atoms with van der Waals surface area (Å²) in [6.07, 6.45) is 1.67. The Balaban J connectivity index is 2.73. The van der Waals surface area contributed by atoms with Gasteiger partial charge in [0, 0.05) is 34.5 Å². The van der Waals surface area contributed by atoms with Gasteiger partial charge in [0.05, 0.1) is 5.56 Å². The van der Waals surface area contributed by atoms with Gasteiger partial charge in [-0.15, -0.1) is 0 Å². The average Bonchev–Trinajstić information content (AvgIpc) is 2.26. The quantitative estimate of drug-likeness (QED) is 0.843. The van der Waals surface area contributed by atoms with Crippen molar-refractivity contribution in [1.82, 2.24) is 0 Å². The molecule has 0 saturated heterocycles. The number of aromatic carboxylic acids is 1. The number of rotatable bonds is 5. The van der Waals surface area contributed by atoms with Gasteiger partial charge in [0.2, 0.25) is 0 Å². The van der Waals surface area contributed by atoms with Crippen LogP contribution in [-0.4, -0.2) is 33.3 Å². The number of anilines is 1. The summed E-state index contributed by atoms with van der Waals surface area (Å²) in [5.41, 5.74) is 2.03. The maximum absolute atomic E-state index is 11.2. The van der Waals surface area contributed by atoms with Gasteiger partial charge in [-0.1, -0.05) is 0 Å². The van der Waals surface area contributed by atoms with E-state index in [9.17, 15) is 9.00 Å².